The van der Waals surface area contributed by atoms with Crippen LogP contribution >= 0.6 is 0 Å². The van der Waals surface area contributed by atoms with Crippen molar-refractivity contribution in [3.05, 3.63) is 59.7 Å². The molecule has 1 fully saturated rings. The molecule has 4 rings (SSSR count). The third-order valence-electron chi connectivity index (χ3n) is 5.38. The van der Waals surface area contributed by atoms with E-state index in [2.05, 4.69) is 4.90 Å². The number of hydrogen-bond acceptors (Lipinski definition) is 4. The van der Waals surface area contributed by atoms with Crippen LogP contribution in [-0.2, 0) is 6.18 Å². The number of fused-ring (bicyclic) bond motifs is 1. The summed E-state index contributed by atoms with van der Waals surface area (Å²) >= 11 is 0. The van der Waals surface area contributed by atoms with Gasteiger partial charge in [-0.2, -0.15) is 13.2 Å². The van der Waals surface area contributed by atoms with Crippen LogP contribution in [0.5, 0.6) is 5.75 Å². The maximum atomic E-state index is 12.9. The number of carbonyl (C=O) groups excluding carboxylic acids is 1. The average molecular weight is 405 g/mol. The highest BCUT2D eigenvalue weighted by molar-refractivity contribution is 5.97. The Hall–Kier alpha value is -2.74. The van der Waals surface area contributed by atoms with Crippen LogP contribution < -0.4 is 9.64 Å². The Bertz CT molecular complexity index is 879. The summed E-state index contributed by atoms with van der Waals surface area (Å²) in [5.74, 6) is 0.581. The number of carbonyl (C=O) groups is 1. The third kappa shape index (κ3) is 4.32. The Morgan fingerprint density at radius 3 is 2.45 bits per heavy atom. The lowest BCUT2D eigenvalue weighted by Gasteiger charge is -2.37. The van der Waals surface area contributed by atoms with Crippen molar-refractivity contribution in [1.82, 2.24) is 9.80 Å². The summed E-state index contributed by atoms with van der Waals surface area (Å²) in [6.45, 7) is 4.25. The Morgan fingerprint density at radius 2 is 1.69 bits per heavy atom. The number of benzene rings is 2. The molecule has 1 amide bonds. The number of halogens is 3. The molecule has 2 aromatic rings. The van der Waals surface area contributed by atoms with Crippen molar-refractivity contribution in [2.45, 2.75) is 6.18 Å². The zero-order valence-corrected chi connectivity index (χ0v) is 15.9. The van der Waals surface area contributed by atoms with Gasteiger partial charge in [0.2, 0.25) is 0 Å². The molecule has 2 aromatic carbocycles. The molecule has 0 saturated carbocycles. The normalized spacial score (nSPS) is 17.8. The van der Waals surface area contributed by atoms with Gasteiger partial charge in [-0.25, -0.2) is 0 Å². The van der Waals surface area contributed by atoms with Crippen LogP contribution in [0.25, 0.3) is 0 Å². The molecular weight excluding hydrogens is 383 g/mol. The number of piperazine rings is 1. The van der Waals surface area contributed by atoms with Gasteiger partial charge in [0.1, 0.15) is 5.75 Å². The Kier molecular flexibility index (Phi) is 5.36. The summed E-state index contributed by atoms with van der Waals surface area (Å²) in [5.41, 5.74) is 0.546. The second kappa shape index (κ2) is 7.94. The number of para-hydroxylation sites is 1. The number of nitrogens with zero attached hydrogens (tertiary/aromatic N) is 3. The summed E-state index contributed by atoms with van der Waals surface area (Å²) in [4.78, 5) is 18.4. The molecule has 0 unspecified atom stereocenters. The molecule has 2 aliphatic heterocycles. The summed E-state index contributed by atoms with van der Waals surface area (Å²) in [7, 11) is 0. The fourth-order valence-electron chi connectivity index (χ4n) is 3.68. The number of rotatable bonds is 4. The van der Waals surface area contributed by atoms with Crippen molar-refractivity contribution < 1.29 is 22.7 Å². The molecule has 5 nitrogen and oxygen atoms in total. The van der Waals surface area contributed by atoms with Crippen molar-refractivity contribution in [3.63, 3.8) is 0 Å². The zero-order valence-electron chi connectivity index (χ0n) is 15.9. The standard InChI is InChI=1S/C21H22F3N3O2/c22-21(23,24)16-4-3-5-17(14-16)26-11-8-25(9-12-26)10-13-27-15-29-19-7-2-1-6-18(19)20(27)28/h1-7,14H,8-13,15H2. The van der Waals surface area contributed by atoms with E-state index >= 15 is 0 Å². The molecule has 0 radical (unpaired) electrons. The SMILES string of the molecule is O=C1c2ccccc2OCN1CCN1CCN(c2cccc(C(F)(F)F)c2)CC1. The minimum absolute atomic E-state index is 0.0329. The van der Waals surface area contributed by atoms with Crippen LogP contribution in [0.2, 0.25) is 0 Å². The van der Waals surface area contributed by atoms with Crippen molar-refractivity contribution in [1.29, 1.82) is 0 Å². The highest BCUT2D eigenvalue weighted by Gasteiger charge is 2.31. The first-order valence-electron chi connectivity index (χ1n) is 9.57. The largest absolute Gasteiger partial charge is 0.472 e. The van der Waals surface area contributed by atoms with Gasteiger partial charge < -0.3 is 14.5 Å². The van der Waals surface area contributed by atoms with E-state index in [-0.39, 0.29) is 12.6 Å². The topological polar surface area (TPSA) is 36.0 Å². The van der Waals surface area contributed by atoms with E-state index in [0.29, 0.717) is 43.2 Å². The molecule has 154 valence electrons. The van der Waals surface area contributed by atoms with Gasteiger partial charge in [0.25, 0.3) is 5.91 Å². The Morgan fingerprint density at radius 1 is 0.931 bits per heavy atom. The first-order chi connectivity index (χ1) is 13.9. The quantitative estimate of drug-likeness (QED) is 0.782. The van der Waals surface area contributed by atoms with E-state index in [1.165, 1.54) is 12.1 Å². The maximum Gasteiger partial charge on any atom is 0.416 e. The summed E-state index contributed by atoms with van der Waals surface area (Å²) in [6, 6.07) is 12.7. The number of alkyl halides is 3. The molecule has 2 heterocycles. The first kappa shape index (κ1) is 19.6. The van der Waals surface area contributed by atoms with Crippen molar-refractivity contribution in [2.75, 3.05) is 50.9 Å². The number of amides is 1. The van der Waals surface area contributed by atoms with Crippen molar-refractivity contribution in [3.8, 4) is 5.75 Å². The minimum atomic E-state index is -4.33. The molecule has 0 N–H and O–H groups in total. The fourth-order valence-corrected chi connectivity index (χ4v) is 3.68. The van der Waals surface area contributed by atoms with Gasteiger partial charge in [0.05, 0.1) is 11.1 Å². The zero-order chi connectivity index (χ0) is 20.4. The van der Waals surface area contributed by atoms with Gasteiger partial charge in [-0.15, -0.1) is 0 Å². The molecular formula is C21H22F3N3O2. The molecule has 2 aliphatic rings. The second-order valence-corrected chi connectivity index (χ2v) is 7.21. The van der Waals surface area contributed by atoms with Gasteiger partial charge in [-0.3, -0.25) is 9.69 Å². The van der Waals surface area contributed by atoms with Crippen LogP contribution in [0.4, 0.5) is 18.9 Å². The van der Waals surface area contributed by atoms with E-state index < -0.39 is 11.7 Å². The molecule has 0 bridgehead atoms. The smallest absolute Gasteiger partial charge is 0.416 e. The third-order valence-corrected chi connectivity index (χ3v) is 5.38. The first-order valence-corrected chi connectivity index (χ1v) is 9.57. The van der Waals surface area contributed by atoms with E-state index in [9.17, 15) is 18.0 Å². The van der Waals surface area contributed by atoms with Gasteiger partial charge in [-0.05, 0) is 30.3 Å². The molecule has 0 aromatic heterocycles. The highest BCUT2D eigenvalue weighted by atomic mass is 19.4. The molecule has 1 saturated heterocycles. The highest BCUT2D eigenvalue weighted by Crippen LogP contribution is 2.32. The van der Waals surface area contributed by atoms with E-state index in [1.807, 2.05) is 17.0 Å². The van der Waals surface area contributed by atoms with Crippen molar-refractivity contribution in [2.24, 2.45) is 0 Å². The lowest BCUT2D eigenvalue weighted by Crippen LogP contribution is -2.50. The van der Waals surface area contributed by atoms with Crippen LogP contribution in [0.1, 0.15) is 15.9 Å². The van der Waals surface area contributed by atoms with E-state index in [4.69, 9.17) is 4.74 Å². The minimum Gasteiger partial charge on any atom is -0.472 e. The fraction of sp³-hybridized carbons (Fsp3) is 0.381. The lowest BCUT2D eigenvalue weighted by atomic mass is 10.1. The predicted molar refractivity (Wildman–Crippen MR) is 103 cm³/mol. The van der Waals surface area contributed by atoms with Crippen LogP contribution in [0, 0.1) is 0 Å². The summed E-state index contributed by atoms with van der Waals surface area (Å²) < 4.78 is 44.4. The predicted octanol–water partition coefficient (Wildman–Crippen LogP) is 3.32. The molecule has 8 heteroatoms. The second-order valence-electron chi connectivity index (χ2n) is 7.21. The van der Waals surface area contributed by atoms with Gasteiger partial charge in [0.15, 0.2) is 6.73 Å². The van der Waals surface area contributed by atoms with Gasteiger partial charge >= 0.3 is 6.18 Å². The lowest BCUT2D eigenvalue weighted by molar-refractivity contribution is -0.137. The molecule has 0 aliphatic carbocycles. The van der Waals surface area contributed by atoms with Crippen LogP contribution in [0.3, 0.4) is 0 Å². The molecule has 29 heavy (non-hydrogen) atoms. The molecule has 0 atom stereocenters. The van der Waals surface area contributed by atoms with Crippen LogP contribution in [-0.4, -0.2) is 61.7 Å². The number of hydrogen-bond donors (Lipinski definition) is 0. The Labute approximate surface area is 167 Å². The van der Waals surface area contributed by atoms with E-state index in [0.717, 1.165) is 19.2 Å². The maximum absolute atomic E-state index is 12.9. The summed E-state index contributed by atoms with van der Waals surface area (Å²) in [5, 5.41) is 0. The molecule has 0 spiro atoms. The summed E-state index contributed by atoms with van der Waals surface area (Å²) in [6.07, 6.45) is -4.33. The monoisotopic (exact) mass is 405 g/mol. The average Bonchev–Trinajstić information content (AvgIpc) is 2.73. The van der Waals surface area contributed by atoms with Gasteiger partial charge in [0, 0.05) is 45.0 Å². The van der Waals surface area contributed by atoms with Crippen LogP contribution in [0.15, 0.2) is 48.5 Å². The van der Waals surface area contributed by atoms with E-state index in [1.54, 1.807) is 23.1 Å². The Balaban J connectivity index is 1.29. The van der Waals surface area contributed by atoms with Gasteiger partial charge in [-0.1, -0.05) is 18.2 Å². The number of ether oxygens (including phenoxy) is 1. The number of anilines is 1. The van der Waals surface area contributed by atoms with Crippen molar-refractivity contribution >= 4 is 11.6 Å².